The van der Waals surface area contributed by atoms with Gasteiger partial charge < -0.3 is 10.4 Å². The number of carbonyl (C=O) groups excluding carboxylic acids is 1. The predicted molar refractivity (Wildman–Crippen MR) is 54.7 cm³/mol. The Labute approximate surface area is 87.1 Å². The van der Waals surface area contributed by atoms with Crippen LogP contribution in [0.3, 0.4) is 0 Å². The second-order valence-corrected chi connectivity index (χ2v) is 3.01. The van der Waals surface area contributed by atoms with E-state index in [-0.39, 0.29) is 17.4 Å². The van der Waals surface area contributed by atoms with Gasteiger partial charge in [-0.05, 0) is 18.6 Å². The van der Waals surface area contributed by atoms with Crippen molar-refractivity contribution in [2.45, 2.75) is 19.8 Å². The molecule has 0 aromatic carbocycles. The van der Waals surface area contributed by atoms with Crippen molar-refractivity contribution in [1.82, 2.24) is 4.98 Å². The molecule has 0 aliphatic heterocycles. The van der Waals surface area contributed by atoms with Crippen LogP contribution in [0, 0.1) is 0 Å². The molecular weight excluding hydrogens is 196 g/mol. The van der Waals surface area contributed by atoms with Crippen LogP contribution in [-0.4, -0.2) is 22.0 Å². The van der Waals surface area contributed by atoms with Gasteiger partial charge in [0.05, 0.1) is 0 Å². The van der Waals surface area contributed by atoms with Crippen LogP contribution in [0.25, 0.3) is 0 Å². The molecule has 0 atom stereocenters. The van der Waals surface area contributed by atoms with Crippen LogP contribution >= 0.6 is 0 Å². The topological polar surface area (TPSA) is 79.3 Å². The molecule has 1 aromatic heterocycles. The number of anilines is 1. The normalized spacial score (nSPS) is 9.67. The number of nitrogens with one attached hydrogen (secondary N) is 1. The number of pyridine rings is 1. The highest BCUT2D eigenvalue weighted by molar-refractivity contribution is 5.91. The monoisotopic (exact) mass is 208 g/mol. The zero-order valence-electron chi connectivity index (χ0n) is 8.36. The molecule has 2 N–H and O–H groups in total. The lowest BCUT2D eigenvalue weighted by Crippen LogP contribution is -2.13. The van der Waals surface area contributed by atoms with Crippen molar-refractivity contribution in [2.24, 2.45) is 0 Å². The first kappa shape index (κ1) is 11.2. The van der Waals surface area contributed by atoms with E-state index >= 15 is 0 Å². The van der Waals surface area contributed by atoms with Gasteiger partial charge in [0, 0.05) is 6.42 Å². The van der Waals surface area contributed by atoms with Crippen molar-refractivity contribution in [3.8, 4) is 0 Å². The molecule has 1 amide bonds. The van der Waals surface area contributed by atoms with E-state index in [1.807, 2.05) is 6.92 Å². The van der Waals surface area contributed by atoms with Crippen LogP contribution in [0.1, 0.15) is 30.3 Å². The second kappa shape index (κ2) is 5.09. The molecule has 0 spiro atoms. The van der Waals surface area contributed by atoms with E-state index < -0.39 is 5.97 Å². The van der Waals surface area contributed by atoms with E-state index in [4.69, 9.17) is 5.11 Å². The Morgan fingerprint density at radius 3 is 2.80 bits per heavy atom. The van der Waals surface area contributed by atoms with Gasteiger partial charge in [-0.2, -0.15) is 0 Å². The van der Waals surface area contributed by atoms with Gasteiger partial charge in [0.1, 0.15) is 5.82 Å². The number of carbonyl (C=O) groups is 2. The molecule has 15 heavy (non-hydrogen) atoms. The molecule has 0 saturated heterocycles. The standard InChI is InChI=1S/C10H12N2O3/c1-2-4-9(13)12-8-6-3-5-7(11-8)10(14)15/h3,5-6H,2,4H2,1H3,(H,14,15)(H,11,12,13). The summed E-state index contributed by atoms with van der Waals surface area (Å²) in [5, 5.41) is 11.2. The summed E-state index contributed by atoms with van der Waals surface area (Å²) in [5.41, 5.74) is -0.0794. The van der Waals surface area contributed by atoms with Gasteiger partial charge in [-0.3, -0.25) is 4.79 Å². The number of nitrogens with zero attached hydrogens (tertiary/aromatic N) is 1. The fraction of sp³-hybridized carbons (Fsp3) is 0.300. The Hall–Kier alpha value is -1.91. The molecule has 5 nitrogen and oxygen atoms in total. The number of aromatic carboxylic acids is 1. The van der Waals surface area contributed by atoms with Gasteiger partial charge in [-0.1, -0.05) is 13.0 Å². The summed E-state index contributed by atoms with van der Waals surface area (Å²) < 4.78 is 0. The van der Waals surface area contributed by atoms with Gasteiger partial charge in [0.25, 0.3) is 0 Å². The third kappa shape index (κ3) is 3.38. The molecule has 0 bridgehead atoms. The van der Waals surface area contributed by atoms with Crippen molar-refractivity contribution in [3.05, 3.63) is 23.9 Å². The molecule has 5 heteroatoms. The fourth-order valence-corrected chi connectivity index (χ4v) is 1.06. The minimum absolute atomic E-state index is 0.0794. The number of amides is 1. The van der Waals surface area contributed by atoms with E-state index in [2.05, 4.69) is 10.3 Å². The molecule has 0 radical (unpaired) electrons. The van der Waals surface area contributed by atoms with E-state index in [0.717, 1.165) is 6.42 Å². The van der Waals surface area contributed by atoms with Crippen LogP contribution < -0.4 is 5.32 Å². The lowest BCUT2D eigenvalue weighted by atomic mass is 10.3. The summed E-state index contributed by atoms with van der Waals surface area (Å²) in [6.45, 7) is 1.89. The number of hydrogen-bond donors (Lipinski definition) is 2. The first-order valence-corrected chi connectivity index (χ1v) is 4.63. The summed E-state index contributed by atoms with van der Waals surface area (Å²) in [4.78, 5) is 25.5. The number of carboxylic acids is 1. The fourth-order valence-electron chi connectivity index (χ4n) is 1.06. The molecule has 0 unspecified atom stereocenters. The maximum Gasteiger partial charge on any atom is 0.354 e. The van der Waals surface area contributed by atoms with Crippen LogP contribution in [0.5, 0.6) is 0 Å². The van der Waals surface area contributed by atoms with Crippen molar-refractivity contribution < 1.29 is 14.7 Å². The minimum Gasteiger partial charge on any atom is -0.477 e. The smallest absolute Gasteiger partial charge is 0.354 e. The van der Waals surface area contributed by atoms with Crippen LogP contribution in [-0.2, 0) is 4.79 Å². The Bertz CT molecular complexity index is 377. The first-order valence-electron chi connectivity index (χ1n) is 4.63. The predicted octanol–water partition coefficient (Wildman–Crippen LogP) is 1.52. The Balaban J connectivity index is 2.73. The summed E-state index contributed by atoms with van der Waals surface area (Å²) in [6.07, 6.45) is 1.14. The zero-order valence-corrected chi connectivity index (χ0v) is 8.36. The van der Waals surface area contributed by atoms with Crippen LogP contribution in [0.4, 0.5) is 5.82 Å². The Morgan fingerprint density at radius 2 is 2.20 bits per heavy atom. The molecule has 1 rings (SSSR count). The van der Waals surface area contributed by atoms with Crippen LogP contribution in [0.15, 0.2) is 18.2 Å². The molecule has 1 heterocycles. The molecule has 0 aliphatic carbocycles. The van der Waals surface area contributed by atoms with Crippen LogP contribution in [0.2, 0.25) is 0 Å². The number of rotatable bonds is 4. The lowest BCUT2D eigenvalue weighted by Gasteiger charge is -2.03. The van der Waals surface area contributed by atoms with Gasteiger partial charge in [-0.25, -0.2) is 9.78 Å². The van der Waals surface area contributed by atoms with Crippen molar-refractivity contribution in [2.75, 3.05) is 5.32 Å². The second-order valence-electron chi connectivity index (χ2n) is 3.01. The third-order valence-corrected chi connectivity index (χ3v) is 1.71. The number of aromatic nitrogens is 1. The van der Waals surface area contributed by atoms with Gasteiger partial charge in [-0.15, -0.1) is 0 Å². The van der Waals surface area contributed by atoms with Crippen molar-refractivity contribution in [1.29, 1.82) is 0 Å². The summed E-state index contributed by atoms with van der Waals surface area (Å²) in [5.74, 6) is -0.998. The van der Waals surface area contributed by atoms with E-state index in [1.54, 1.807) is 6.07 Å². The van der Waals surface area contributed by atoms with E-state index in [0.29, 0.717) is 6.42 Å². The molecule has 0 fully saturated rings. The van der Waals surface area contributed by atoms with E-state index in [9.17, 15) is 9.59 Å². The molecule has 0 saturated carbocycles. The summed E-state index contributed by atoms with van der Waals surface area (Å²) in [6, 6.07) is 4.47. The number of hydrogen-bond acceptors (Lipinski definition) is 3. The van der Waals surface area contributed by atoms with Gasteiger partial charge in [0.2, 0.25) is 5.91 Å². The van der Waals surface area contributed by atoms with Gasteiger partial charge >= 0.3 is 5.97 Å². The molecule has 0 aliphatic rings. The highest BCUT2D eigenvalue weighted by Crippen LogP contribution is 2.05. The third-order valence-electron chi connectivity index (χ3n) is 1.71. The average molecular weight is 208 g/mol. The molecule has 80 valence electrons. The van der Waals surface area contributed by atoms with Crippen molar-refractivity contribution >= 4 is 17.7 Å². The zero-order chi connectivity index (χ0) is 11.3. The first-order chi connectivity index (χ1) is 7.13. The Kier molecular flexibility index (Phi) is 3.79. The minimum atomic E-state index is -1.11. The lowest BCUT2D eigenvalue weighted by molar-refractivity contribution is -0.116. The van der Waals surface area contributed by atoms with Gasteiger partial charge in [0.15, 0.2) is 5.69 Å². The molecule has 1 aromatic rings. The maximum absolute atomic E-state index is 11.2. The molecular formula is C10H12N2O3. The summed E-state index contributed by atoms with van der Waals surface area (Å²) >= 11 is 0. The number of carboxylic acid groups (broad SMARTS) is 1. The Morgan fingerprint density at radius 1 is 1.47 bits per heavy atom. The average Bonchev–Trinajstić information content (AvgIpc) is 2.18. The van der Waals surface area contributed by atoms with E-state index in [1.165, 1.54) is 12.1 Å². The highest BCUT2D eigenvalue weighted by Gasteiger charge is 2.06. The largest absolute Gasteiger partial charge is 0.477 e. The summed E-state index contributed by atoms with van der Waals surface area (Å²) in [7, 11) is 0. The quantitative estimate of drug-likeness (QED) is 0.786. The highest BCUT2D eigenvalue weighted by atomic mass is 16.4. The maximum atomic E-state index is 11.2. The SMILES string of the molecule is CCCC(=O)Nc1cccc(C(=O)O)n1. The van der Waals surface area contributed by atoms with Crippen molar-refractivity contribution in [3.63, 3.8) is 0 Å².